The van der Waals surface area contributed by atoms with Gasteiger partial charge in [-0.15, -0.1) is 0 Å². The van der Waals surface area contributed by atoms with E-state index in [0.29, 0.717) is 37.2 Å². The fourth-order valence-corrected chi connectivity index (χ4v) is 5.82. The molecule has 34 heavy (non-hydrogen) atoms. The molecule has 1 aromatic carbocycles. The van der Waals surface area contributed by atoms with Gasteiger partial charge in [0.2, 0.25) is 0 Å². The first-order valence-electron chi connectivity index (χ1n) is 11.5. The number of hydrogen-bond donors (Lipinski definition) is 3. The number of piperidine rings is 1. The van der Waals surface area contributed by atoms with Crippen LogP contribution in [0.3, 0.4) is 0 Å². The zero-order chi connectivity index (χ0) is 24.3. The third kappa shape index (κ3) is 5.43. The smallest absolute Gasteiger partial charge is 0.272 e. The van der Waals surface area contributed by atoms with Crippen LogP contribution in [-0.2, 0) is 16.1 Å². The van der Waals surface area contributed by atoms with Crippen molar-refractivity contribution in [3.8, 4) is 6.07 Å². The number of aliphatic hydroxyl groups excluding tert-OH is 1. The summed E-state index contributed by atoms with van der Waals surface area (Å²) in [5.41, 5.74) is 8.32. The third-order valence-electron chi connectivity index (χ3n) is 6.47. The summed E-state index contributed by atoms with van der Waals surface area (Å²) in [6.45, 7) is 2.91. The Bertz CT molecular complexity index is 1060. The maximum atomic E-state index is 13.2. The molecular formula is C24H30N6O3S. The molecule has 0 bridgehead atoms. The van der Waals surface area contributed by atoms with Gasteiger partial charge < -0.3 is 21.1 Å². The van der Waals surface area contributed by atoms with E-state index in [-0.39, 0.29) is 34.7 Å². The summed E-state index contributed by atoms with van der Waals surface area (Å²) in [5, 5.41) is 21.5. The van der Waals surface area contributed by atoms with Crippen molar-refractivity contribution in [3.63, 3.8) is 0 Å². The van der Waals surface area contributed by atoms with Crippen LogP contribution in [0, 0.1) is 11.3 Å². The minimum absolute atomic E-state index is 0.00377. The van der Waals surface area contributed by atoms with Gasteiger partial charge in [0, 0.05) is 50.1 Å². The number of aliphatic hydroxyl groups is 1. The van der Waals surface area contributed by atoms with Crippen LogP contribution in [0.25, 0.3) is 0 Å². The number of β-amino-alcohol motifs (C(OH)–C–C–N with tert-alkyl or cyclic N) is 1. The Kier molecular flexibility index (Phi) is 7.26. The molecule has 2 amide bonds. The Morgan fingerprint density at radius 2 is 2.09 bits per heavy atom. The Labute approximate surface area is 203 Å². The summed E-state index contributed by atoms with van der Waals surface area (Å²) >= 11 is 1.77. The standard InChI is InChI=1S/C24H30N6O3S/c1-27-21-19(20(26)22(32)28-13-17-4-2-16(12-25)3-5-17)7-10-29(23(21)33)15-24(8-9-24)34-30-11-6-18(31)14-30/h2-5,18,31H,6-11,13-15,26H2,1H3,(H,28,32)/t18-/m1/s1. The summed E-state index contributed by atoms with van der Waals surface area (Å²) in [4.78, 5) is 31.9. The van der Waals surface area contributed by atoms with Gasteiger partial charge in [0.25, 0.3) is 11.8 Å². The first-order valence-corrected chi connectivity index (χ1v) is 12.3. The molecule has 0 aromatic heterocycles. The van der Waals surface area contributed by atoms with E-state index in [4.69, 9.17) is 11.0 Å². The van der Waals surface area contributed by atoms with Crippen LogP contribution in [0.4, 0.5) is 0 Å². The Morgan fingerprint density at radius 1 is 1.35 bits per heavy atom. The van der Waals surface area contributed by atoms with Gasteiger partial charge in [0.05, 0.1) is 17.7 Å². The van der Waals surface area contributed by atoms with E-state index in [1.54, 1.807) is 43.3 Å². The molecule has 1 aromatic rings. The number of amides is 2. The van der Waals surface area contributed by atoms with Crippen LogP contribution in [-0.4, -0.2) is 75.9 Å². The Hall–Kier alpha value is -2.87. The number of nitrogens with zero attached hydrogens (tertiary/aromatic N) is 4. The molecule has 1 atom stereocenters. The van der Waals surface area contributed by atoms with E-state index in [2.05, 4.69) is 20.7 Å². The molecule has 9 nitrogen and oxygen atoms in total. The van der Waals surface area contributed by atoms with E-state index < -0.39 is 5.91 Å². The maximum absolute atomic E-state index is 13.2. The Balaban J connectivity index is 1.37. The van der Waals surface area contributed by atoms with E-state index in [0.717, 1.165) is 31.4 Å². The largest absolute Gasteiger partial charge is 0.394 e. The van der Waals surface area contributed by atoms with Crippen molar-refractivity contribution in [3.05, 3.63) is 46.7 Å². The van der Waals surface area contributed by atoms with Crippen molar-refractivity contribution in [2.24, 2.45) is 10.7 Å². The predicted octanol–water partition coefficient (Wildman–Crippen LogP) is 0.938. The van der Waals surface area contributed by atoms with Crippen molar-refractivity contribution < 1.29 is 14.7 Å². The minimum Gasteiger partial charge on any atom is -0.394 e. The van der Waals surface area contributed by atoms with E-state index in [1.807, 2.05) is 4.90 Å². The third-order valence-corrected chi connectivity index (χ3v) is 7.99. The number of carbonyl (C=O) groups is 2. The number of nitrogens with two attached hydrogens (primary N) is 1. The molecule has 0 unspecified atom stereocenters. The van der Waals surface area contributed by atoms with Crippen LogP contribution < -0.4 is 11.1 Å². The van der Waals surface area contributed by atoms with E-state index in [1.165, 1.54) is 0 Å². The van der Waals surface area contributed by atoms with Crippen molar-refractivity contribution >= 4 is 29.5 Å². The Morgan fingerprint density at radius 3 is 2.68 bits per heavy atom. The van der Waals surface area contributed by atoms with Gasteiger partial charge in [-0.2, -0.15) is 5.26 Å². The molecule has 3 aliphatic rings. The maximum Gasteiger partial charge on any atom is 0.272 e. The molecule has 4 rings (SSSR count). The summed E-state index contributed by atoms with van der Waals surface area (Å²) in [5.74, 6) is -0.636. The lowest BCUT2D eigenvalue weighted by atomic mass is 9.97. The molecule has 2 saturated heterocycles. The average Bonchev–Trinajstić information content (AvgIpc) is 3.48. The highest BCUT2D eigenvalue weighted by atomic mass is 32.2. The van der Waals surface area contributed by atoms with Gasteiger partial charge in [-0.05, 0) is 43.4 Å². The fraction of sp³-hybridized carbons (Fsp3) is 0.500. The number of nitriles is 1. The quantitative estimate of drug-likeness (QED) is 0.389. The highest BCUT2D eigenvalue weighted by molar-refractivity contribution is 7.98. The van der Waals surface area contributed by atoms with E-state index >= 15 is 0 Å². The van der Waals surface area contributed by atoms with Crippen molar-refractivity contribution in [2.45, 2.75) is 43.1 Å². The topological polar surface area (TPSA) is 135 Å². The van der Waals surface area contributed by atoms with E-state index in [9.17, 15) is 14.7 Å². The molecule has 0 spiro atoms. The summed E-state index contributed by atoms with van der Waals surface area (Å²) in [6, 6.07) is 8.99. The fourth-order valence-electron chi connectivity index (χ4n) is 4.33. The molecule has 180 valence electrons. The summed E-state index contributed by atoms with van der Waals surface area (Å²) in [6.07, 6.45) is 3.07. The van der Waals surface area contributed by atoms with Gasteiger partial charge in [-0.25, -0.2) is 4.31 Å². The molecule has 2 aliphatic heterocycles. The zero-order valence-corrected chi connectivity index (χ0v) is 20.1. The number of aliphatic imine (C=N–C) groups is 1. The van der Waals surface area contributed by atoms with Crippen molar-refractivity contribution in [2.75, 3.05) is 33.2 Å². The number of rotatable bonds is 7. The molecule has 0 radical (unpaired) electrons. The number of nitrogens with one attached hydrogen (secondary N) is 1. The van der Waals surface area contributed by atoms with Crippen molar-refractivity contribution in [1.82, 2.24) is 14.5 Å². The molecule has 4 N–H and O–H groups in total. The zero-order valence-electron chi connectivity index (χ0n) is 19.3. The van der Waals surface area contributed by atoms with Gasteiger partial charge in [0.15, 0.2) is 0 Å². The molecule has 10 heteroatoms. The number of benzene rings is 1. The van der Waals surface area contributed by atoms with Gasteiger partial charge in [-0.3, -0.25) is 14.6 Å². The van der Waals surface area contributed by atoms with Crippen molar-refractivity contribution in [1.29, 1.82) is 5.26 Å². The van der Waals surface area contributed by atoms with Gasteiger partial charge in [-0.1, -0.05) is 24.1 Å². The molecule has 3 fully saturated rings. The monoisotopic (exact) mass is 482 g/mol. The van der Waals surface area contributed by atoms with Crippen LogP contribution in [0.2, 0.25) is 0 Å². The molecular weight excluding hydrogens is 452 g/mol. The predicted molar refractivity (Wildman–Crippen MR) is 131 cm³/mol. The minimum atomic E-state index is -0.441. The number of hydrogen-bond acceptors (Lipinski definition) is 8. The molecule has 2 heterocycles. The van der Waals surface area contributed by atoms with Crippen LogP contribution >= 0.6 is 11.9 Å². The van der Waals surface area contributed by atoms with Gasteiger partial charge in [0.1, 0.15) is 11.4 Å². The SMILES string of the molecule is CN=C1C(=O)N(CC2(SN3CC[C@@H](O)C3)CC2)CCC1=C(N)C(=O)NCc1ccc(C#N)cc1. The first kappa shape index (κ1) is 24.3. The lowest BCUT2D eigenvalue weighted by Crippen LogP contribution is -2.48. The number of carbonyl (C=O) groups excluding carboxylic acids is 2. The first-order chi connectivity index (χ1) is 16.3. The average molecular weight is 483 g/mol. The lowest BCUT2D eigenvalue weighted by molar-refractivity contribution is -0.124. The van der Waals surface area contributed by atoms with Gasteiger partial charge >= 0.3 is 0 Å². The number of likely N-dealkylation sites (tertiary alicyclic amines) is 1. The summed E-state index contributed by atoms with van der Waals surface area (Å²) in [7, 11) is 1.55. The second-order valence-corrected chi connectivity index (χ2v) is 10.6. The summed E-state index contributed by atoms with van der Waals surface area (Å²) < 4.78 is 2.21. The lowest BCUT2D eigenvalue weighted by Gasteiger charge is -2.33. The molecule has 1 aliphatic carbocycles. The highest BCUT2D eigenvalue weighted by Gasteiger charge is 2.49. The van der Waals surface area contributed by atoms with Crippen LogP contribution in [0.15, 0.2) is 40.5 Å². The highest BCUT2D eigenvalue weighted by Crippen LogP contribution is 2.51. The second kappa shape index (κ2) is 10.2. The van der Waals surface area contributed by atoms with Crippen LogP contribution in [0.1, 0.15) is 36.8 Å². The normalized spacial score (nSPS) is 24.7. The second-order valence-electron chi connectivity index (χ2n) is 9.04. The molecule has 1 saturated carbocycles. The van der Waals surface area contributed by atoms with Crippen LogP contribution in [0.5, 0.6) is 0 Å².